The second-order valence-corrected chi connectivity index (χ2v) is 9.34. The Kier molecular flexibility index (Phi) is 10.5. The average Bonchev–Trinajstić information content (AvgIpc) is 2.37. The van der Waals surface area contributed by atoms with Gasteiger partial charge in [0.2, 0.25) is 0 Å². The molecule has 0 aliphatic carbocycles. The molecule has 0 saturated carbocycles. The predicted octanol–water partition coefficient (Wildman–Crippen LogP) is 3.97. The number of unbranched alkanes of at least 4 members (excludes halogenated alkanes) is 1. The van der Waals surface area contributed by atoms with Gasteiger partial charge in [-0.3, -0.25) is 4.55 Å². The van der Waals surface area contributed by atoms with Gasteiger partial charge < -0.3 is 4.48 Å². The van der Waals surface area contributed by atoms with Gasteiger partial charge in [0.25, 0.3) is 10.1 Å². The molecule has 0 fully saturated rings. The molecule has 0 saturated heterocycles. The second-order valence-electron chi connectivity index (χ2n) is 7.76. The van der Waals surface area contributed by atoms with Crippen molar-refractivity contribution < 1.29 is 17.5 Å². The van der Waals surface area contributed by atoms with Gasteiger partial charge in [0.05, 0.1) is 32.9 Å². The molecule has 0 amide bonds. The third-order valence-corrected chi connectivity index (χ3v) is 5.33. The van der Waals surface area contributed by atoms with E-state index in [2.05, 4.69) is 34.9 Å². The molecule has 1 unspecified atom stereocenters. The second kappa shape index (κ2) is 10.6. The van der Waals surface area contributed by atoms with E-state index < -0.39 is 10.1 Å². The highest BCUT2D eigenvalue weighted by Crippen LogP contribution is 2.20. The molecule has 0 aliphatic heterocycles. The van der Waals surface area contributed by atoms with Crippen molar-refractivity contribution >= 4 is 10.1 Å². The minimum absolute atomic E-state index is 0.111. The Morgan fingerprint density at radius 1 is 0.955 bits per heavy atom. The average molecular weight is 337 g/mol. The quantitative estimate of drug-likeness (QED) is 0.314. The lowest BCUT2D eigenvalue weighted by molar-refractivity contribution is -0.891. The smallest absolute Gasteiger partial charge is 0.264 e. The van der Waals surface area contributed by atoms with E-state index in [1.165, 1.54) is 32.1 Å². The Labute approximate surface area is 138 Å². The molecule has 0 aliphatic rings. The summed E-state index contributed by atoms with van der Waals surface area (Å²) >= 11 is 0. The number of quaternary nitrogens is 1. The van der Waals surface area contributed by atoms with E-state index in [1.54, 1.807) is 0 Å². The summed E-state index contributed by atoms with van der Waals surface area (Å²) in [4.78, 5) is 0. The van der Waals surface area contributed by atoms with Crippen LogP contribution in [0.4, 0.5) is 0 Å². The molecule has 1 atom stereocenters. The van der Waals surface area contributed by atoms with Crippen molar-refractivity contribution in [1.29, 1.82) is 0 Å². The van der Waals surface area contributed by atoms with Crippen LogP contribution in [0.5, 0.6) is 0 Å². The summed E-state index contributed by atoms with van der Waals surface area (Å²) in [5.41, 5.74) is 0. The van der Waals surface area contributed by atoms with Crippen molar-refractivity contribution in [2.24, 2.45) is 11.8 Å². The van der Waals surface area contributed by atoms with Crippen LogP contribution in [-0.4, -0.2) is 50.4 Å². The standard InChI is InChI=1S/C17H37NO3S/c1-6-17(11-9-10-16(2)3)12-14-18(4,5)13-7-8-15-22(19,20)21/h16-17H,6-15H2,1-5H3/p+1. The predicted molar refractivity (Wildman–Crippen MR) is 94.6 cm³/mol. The van der Waals surface area contributed by atoms with Crippen LogP contribution in [0.15, 0.2) is 0 Å². The highest BCUT2D eigenvalue weighted by atomic mass is 32.2. The van der Waals surface area contributed by atoms with Gasteiger partial charge in [0.15, 0.2) is 0 Å². The number of rotatable bonds is 13. The zero-order chi connectivity index (χ0) is 17.2. The molecule has 0 aromatic carbocycles. The SMILES string of the molecule is CCC(CCCC(C)C)CC[N+](C)(C)CCCCS(=O)(=O)O. The van der Waals surface area contributed by atoms with Crippen LogP contribution in [0.2, 0.25) is 0 Å². The first-order valence-corrected chi connectivity index (χ1v) is 10.4. The van der Waals surface area contributed by atoms with Crippen LogP contribution in [0, 0.1) is 11.8 Å². The van der Waals surface area contributed by atoms with Gasteiger partial charge in [-0.25, -0.2) is 0 Å². The molecule has 5 heteroatoms. The minimum atomic E-state index is -3.80. The number of nitrogens with zero attached hydrogens (tertiary/aromatic N) is 1. The van der Waals surface area contributed by atoms with Crippen molar-refractivity contribution in [3.05, 3.63) is 0 Å². The van der Waals surface area contributed by atoms with Crippen molar-refractivity contribution in [2.75, 3.05) is 32.9 Å². The van der Waals surface area contributed by atoms with Crippen LogP contribution < -0.4 is 0 Å². The molecule has 0 bridgehead atoms. The van der Waals surface area contributed by atoms with Crippen LogP contribution in [0.25, 0.3) is 0 Å². The Balaban J connectivity index is 3.96. The lowest BCUT2D eigenvalue weighted by Gasteiger charge is -2.31. The Morgan fingerprint density at radius 3 is 2.09 bits per heavy atom. The maximum Gasteiger partial charge on any atom is 0.264 e. The van der Waals surface area contributed by atoms with Crippen LogP contribution in [0.1, 0.15) is 65.7 Å². The fourth-order valence-corrected chi connectivity index (χ4v) is 3.40. The van der Waals surface area contributed by atoms with Crippen molar-refractivity contribution in [1.82, 2.24) is 0 Å². The molecule has 0 heterocycles. The largest absolute Gasteiger partial charge is 0.328 e. The molecule has 0 rings (SSSR count). The van der Waals surface area contributed by atoms with Gasteiger partial charge in [0, 0.05) is 0 Å². The van der Waals surface area contributed by atoms with E-state index in [0.29, 0.717) is 6.42 Å². The van der Waals surface area contributed by atoms with Crippen LogP contribution in [-0.2, 0) is 10.1 Å². The molecule has 134 valence electrons. The van der Waals surface area contributed by atoms with Gasteiger partial charge in [-0.15, -0.1) is 0 Å². The summed E-state index contributed by atoms with van der Waals surface area (Å²) in [5, 5.41) is 0. The fourth-order valence-electron chi connectivity index (χ4n) is 2.84. The van der Waals surface area contributed by atoms with Crippen molar-refractivity contribution in [3.63, 3.8) is 0 Å². The van der Waals surface area contributed by atoms with Gasteiger partial charge in [-0.05, 0) is 31.1 Å². The molecule has 0 aromatic heterocycles. The summed E-state index contributed by atoms with van der Waals surface area (Å²) in [7, 11) is 0.637. The first kappa shape index (κ1) is 21.9. The molecule has 0 spiro atoms. The van der Waals surface area contributed by atoms with Crippen LogP contribution >= 0.6 is 0 Å². The van der Waals surface area contributed by atoms with E-state index in [-0.39, 0.29) is 5.75 Å². The van der Waals surface area contributed by atoms with E-state index in [1.807, 2.05) is 0 Å². The molecular formula is C17H38NO3S+. The first-order valence-electron chi connectivity index (χ1n) is 8.83. The lowest BCUT2D eigenvalue weighted by atomic mass is 9.93. The lowest BCUT2D eigenvalue weighted by Crippen LogP contribution is -2.42. The molecule has 0 aromatic rings. The van der Waals surface area contributed by atoms with E-state index in [9.17, 15) is 8.42 Å². The highest BCUT2D eigenvalue weighted by molar-refractivity contribution is 7.85. The summed E-state index contributed by atoms with van der Waals surface area (Å²) in [6.07, 6.45) is 7.88. The third kappa shape index (κ3) is 13.5. The molecule has 4 nitrogen and oxygen atoms in total. The van der Waals surface area contributed by atoms with Gasteiger partial charge in [0.1, 0.15) is 0 Å². The van der Waals surface area contributed by atoms with Gasteiger partial charge >= 0.3 is 0 Å². The zero-order valence-electron chi connectivity index (χ0n) is 15.3. The fraction of sp³-hybridized carbons (Fsp3) is 1.00. The Hall–Kier alpha value is -0.130. The number of hydrogen-bond donors (Lipinski definition) is 1. The summed E-state index contributed by atoms with van der Waals surface area (Å²) in [6.45, 7) is 8.97. The van der Waals surface area contributed by atoms with E-state index in [4.69, 9.17) is 4.55 Å². The first-order chi connectivity index (χ1) is 10.1. The summed E-state index contributed by atoms with van der Waals surface area (Å²) < 4.78 is 31.1. The molecular weight excluding hydrogens is 298 g/mol. The highest BCUT2D eigenvalue weighted by Gasteiger charge is 2.18. The van der Waals surface area contributed by atoms with Gasteiger partial charge in [-0.2, -0.15) is 8.42 Å². The molecule has 1 N–H and O–H groups in total. The maximum atomic E-state index is 10.7. The Morgan fingerprint density at radius 2 is 1.59 bits per heavy atom. The van der Waals surface area contributed by atoms with Crippen molar-refractivity contribution in [3.8, 4) is 0 Å². The third-order valence-electron chi connectivity index (χ3n) is 4.53. The normalized spacial score (nSPS) is 14.5. The zero-order valence-corrected chi connectivity index (χ0v) is 16.2. The summed E-state index contributed by atoms with van der Waals surface area (Å²) in [5.74, 6) is 1.50. The maximum absolute atomic E-state index is 10.7. The minimum Gasteiger partial charge on any atom is -0.328 e. The monoisotopic (exact) mass is 336 g/mol. The topological polar surface area (TPSA) is 54.4 Å². The molecule has 22 heavy (non-hydrogen) atoms. The number of hydrogen-bond acceptors (Lipinski definition) is 2. The van der Waals surface area contributed by atoms with E-state index in [0.717, 1.165) is 35.8 Å². The summed E-state index contributed by atoms with van der Waals surface area (Å²) in [6, 6.07) is 0. The molecule has 0 radical (unpaired) electrons. The Bertz CT molecular complexity index is 377. The van der Waals surface area contributed by atoms with Gasteiger partial charge in [-0.1, -0.05) is 46.5 Å². The van der Waals surface area contributed by atoms with E-state index >= 15 is 0 Å². The van der Waals surface area contributed by atoms with Crippen LogP contribution in [0.3, 0.4) is 0 Å². The van der Waals surface area contributed by atoms with Crippen molar-refractivity contribution in [2.45, 2.75) is 65.7 Å².